The van der Waals surface area contributed by atoms with Gasteiger partial charge in [0.15, 0.2) is 0 Å². The summed E-state index contributed by atoms with van der Waals surface area (Å²) in [4.78, 5) is 16.2. The van der Waals surface area contributed by atoms with E-state index in [9.17, 15) is 26.4 Å². The molecule has 0 saturated carbocycles. The molecule has 0 radical (unpaired) electrons. The largest absolute Gasteiger partial charge is 0.416 e. The van der Waals surface area contributed by atoms with Gasteiger partial charge in [-0.2, -0.15) is 13.2 Å². The maximum absolute atomic E-state index is 12.6. The predicted molar refractivity (Wildman–Crippen MR) is 106 cm³/mol. The maximum atomic E-state index is 12.6. The van der Waals surface area contributed by atoms with Gasteiger partial charge in [-0.05, 0) is 56.3 Å². The molecule has 2 amide bonds. The van der Waals surface area contributed by atoms with E-state index in [-0.39, 0.29) is 10.0 Å². The van der Waals surface area contributed by atoms with Gasteiger partial charge in [0.2, 0.25) is 14.2 Å². The highest BCUT2D eigenvalue weighted by Gasteiger charge is 2.30. The van der Waals surface area contributed by atoms with Crippen LogP contribution in [-0.2, 0) is 16.0 Å². The molecule has 3 rings (SSSR count). The van der Waals surface area contributed by atoms with E-state index in [1.165, 1.54) is 0 Å². The summed E-state index contributed by atoms with van der Waals surface area (Å²) in [6, 6.07) is 8.11. The van der Waals surface area contributed by atoms with Gasteiger partial charge in [0, 0.05) is 11.4 Å². The lowest BCUT2D eigenvalue weighted by atomic mass is 10.2. The number of sulfone groups is 1. The van der Waals surface area contributed by atoms with Crippen LogP contribution in [0.5, 0.6) is 0 Å². The molecule has 11 heteroatoms. The molecule has 0 fully saturated rings. The average molecular weight is 443 g/mol. The van der Waals surface area contributed by atoms with Gasteiger partial charge in [0.1, 0.15) is 0 Å². The van der Waals surface area contributed by atoms with Gasteiger partial charge < -0.3 is 10.6 Å². The Hall–Kier alpha value is -2.66. The van der Waals surface area contributed by atoms with Gasteiger partial charge in [-0.3, -0.25) is 0 Å². The van der Waals surface area contributed by atoms with Gasteiger partial charge in [-0.25, -0.2) is 18.2 Å². The minimum atomic E-state index is -4.45. The Morgan fingerprint density at radius 3 is 2.21 bits per heavy atom. The smallest absolute Gasteiger partial charge is 0.308 e. The van der Waals surface area contributed by atoms with Crippen LogP contribution in [0.1, 0.15) is 19.4 Å². The van der Waals surface area contributed by atoms with Crippen molar-refractivity contribution in [2.75, 3.05) is 10.6 Å². The van der Waals surface area contributed by atoms with Crippen LogP contribution in [0.25, 0.3) is 10.2 Å². The fourth-order valence-electron chi connectivity index (χ4n) is 2.34. The summed E-state index contributed by atoms with van der Waals surface area (Å²) in [5.74, 6) is 0. The molecule has 0 atom stereocenters. The Labute approximate surface area is 168 Å². The van der Waals surface area contributed by atoms with E-state index in [0.717, 1.165) is 35.6 Å². The van der Waals surface area contributed by atoms with Gasteiger partial charge >= 0.3 is 12.2 Å². The number of fused-ring (bicyclic) bond motifs is 1. The second-order valence-electron chi connectivity index (χ2n) is 6.41. The van der Waals surface area contributed by atoms with Crippen molar-refractivity contribution in [1.82, 2.24) is 4.98 Å². The zero-order valence-corrected chi connectivity index (χ0v) is 16.9. The minimum Gasteiger partial charge on any atom is -0.308 e. The quantitative estimate of drug-likeness (QED) is 0.584. The highest BCUT2D eigenvalue weighted by atomic mass is 32.2. The van der Waals surface area contributed by atoms with Crippen molar-refractivity contribution in [3.05, 3.63) is 48.0 Å². The van der Waals surface area contributed by atoms with Gasteiger partial charge in [0.25, 0.3) is 0 Å². The number of benzene rings is 2. The molecule has 0 aliphatic rings. The highest BCUT2D eigenvalue weighted by molar-refractivity contribution is 7.94. The summed E-state index contributed by atoms with van der Waals surface area (Å²) < 4.78 is 62.8. The lowest BCUT2D eigenvalue weighted by Gasteiger charge is -2.10. The Morgan fingerprint density at radius 2 is 1.62 bits per heavy atom. The number of carbonyl (C=O) groups is 1. The third-order valence-electron chi connectivity index (χ3n) is 3.96. The van der Waals surface area contributed by atoms with E-state index in [4.69, 9.17) is 0 Å². The molecule has 0 bridgehead atoms. The van der Waals surface area contributed by atoms with Crippen molar-refractivity contribution in [1.29, 1.82) is 0 Å². The number of nitrogens with one attached hydrogen (secondary N) is 2. The standard InChI is InChI=1S/C18H16F3N3O3S2/c1-10(2)29(26,27)17-24-14-8-7-13(9-15(14)28-17)23-16(25)22-12-5-3-11(4-6-12)18(19,20)21/h3-10H,1-2H3,(H2,22,23,25). The molecule has 2 aromatic carbocycles. The number of hydrogen-bond acceptors (Lipinski definition) is 5. The summed E-state index contributed by atoms with van der Waals surface area (Å²) in [5, 5.41) is 4.39. The first-order valence-electron chi connectivity index (χ1n) is 8.36. The number of carbonyl (C=O) groups excluding carboxylic acids is 1. The molecule has 29 heavy (non-hydrogen) atoms. The number of thiazole rings is 1. The van der Waals surface area contributed by atoms with Crippen LogP contribution in [0.4, 0.5) is 29.3 Å². The predicted octanol–water partition coefficient (Wildman–Crippen LogP) is 5.14. The van der Waals surface area contributed by atoms with Gasteiger partial charge in [-0.15, -0.1) is 11.3 Å². The maximum Gasteiger partial charge on any atom is 0.416 e. The summed E-state index contributed by atoms with van der Waals surface area (Å²) in [7, 11) is -3.50. The van der Waals surface area contributed by atoms with Crippen molar-refractivity contribution in [2.24, 2.45) is 0 Å². The van der Waals surface area contributed by atoms with Crippen LogP contribution in [0, 0.1) is 0 Å². The molecule has 6 nitrogen and oxygen atoms in total. The molecule has 2 N–H and O–H groups in total. The number of rotatable bonds is 4. The third kappa shape index (κ3) is 4.67. The number of aromatic nitrogens is 1. The van der Waals surface area contributed by atoms with Crippen molar-refractivity contribution in [2.45, 2.75) is 29.6 Å². The van der Waals surface area contributed by atoms with E-state index in [0.29, 0.717) is 15.9 Å². The van der Waals surface area contributed by atoms with E-state index in [2.05, 4.69) is 15.6 Å². The number of nitrogens with zero attached hydrogens (tertiary/aromatic N) is 1. The Bertz CT molecular complexity index is 1150. The Morgan fingerprint density at radius 1 is 1.03 bits per heavy atom. The lowest BCUT2D eigenvalue weighted by Crippen LogP contribution is -2.19. The first-order chi connectivity index (χ1) is 13.5. The SMILES string of the molecule is CC(C)S(=O)(=O)c1nc2ccc(NC(=O)Nc3ccc(C(F)(F)F)cc3)cc2s1. The molecule has 0 aliphatic carbocycles. The molecule has 3 aromatic rings. The topological polar surface area (TPSA) is 88.2 Å². The molecular weight excluding hydrogens is 427 g/mol. The summed E-state index contributed by atoms with van der Waals surface area (Å²) in [6.07, 6.45) is -4.45. The fraction of sp³-hybridized carbons (Fsp3) is 0.222. The number of alkyl halides is 3. The molecular formula is C18H16F3N3O3S2. The zero-order valence-electron chi connectivity index (χ0n) is 15.2. The van der Waals surface area contributed by atoms with Crippen LogP contribution in [0.3, 0.4) is 0 Å². The van der Waals surface area contributed by atoms with E-state index in [1.54, 1.807) is 32.0 Å². The van der Waals surface area contributed by atoms with Crippen LogP contribution >= 0.6 is 11.3 Å². The van der Waals surface area contributed by atoms with Crippen LogP contribution in [0.15, 0.2) is 46.8 Å². The minimum absolute atomic E-state index is 0.00820. The number of hydrogen-bond donors (Lipinski definition) is 2. The number of amides is 2. The third-order valence-corrected chi connectivity index (χ3v) is 7.54. The van der Waals surface area contributed by atoms with Gasteiger partial charge in [0.05, 0.1) is 21.0 Å². The fourth-order valence-corrected chi connectivity index (χ4v) is 5.02. The molecule has 0 aliphatic heterocycles. The summed E-state index contributed by atoms with van der Waals surface area (Å²) in [5.41, 5.74) is 0.257. The number of urea groups is 1. The molecule has 0 unspecified atom stereocenters. The monoisotopic (exact) mass is 443 g/mol. The molecule has 1 heterocycles. The average Bonchev–Trinajstić information content (AvgIpc) is 3.05. The molecule has 154 valence electrons. The van der Waals surface area contributed by atoms with Crippen LogP contribution < -0.4 is 10.6 Å². The zero-order chi connectivity index (χ0) is 21.4. The van der Waals surface area contributed by atoms with E-state index in [1.807, 2.05) is 0 Å². The van der Waals surface area contributed by atoms with E-state index < -0.39 is 32.9 Å². The van der Waals surface area contributed by atoms with Crippen molar-refractivity contribution in [3.63, 3.8) is 0 Å². The number of halogens is 3. The van der Waals surface area contributed by atoms with Crippen LogP contribution in [-0.4, -0.2) is 24.7 Å². The summed E-state index contributed by atoms with van der Waals surface area (Å²) >= 11 is 1.00. The van der Waals surface area contributed by atoms with Crippen molar-refractivity contribution in [3.8, 4) is 0 Å². The second-order valence-corrected chi connectivity index (χ2v) is 10.1. The van der Waals surface area contributed by atoms with E-state index >= 15 is 0 Å². The summed E-state index contributed by atoms with van der Waals surface area (Å²) in [6.45, 7) is 3.14. The normalized spacial score (nSPS) is 12.3. The lowest BCUT2D eigenvalue weighted by molar-refractivity contribution is -0.137. The Kier molecular flexibility index (Phi) is 5.54. The molecule has 0 spiro atoms. The first-order valence-corrected chi connectivity index (χ1v) is 10.7. The highest BCUT2D eigenvalue weighted by Crippen LogP contribution is 2.31. The number of anilines is 2. The van der Waals surface area contributed by atoms with Crippen molar-refractivity contribution < 1.29 is 26.4 Å². The van der Waals surface area contributed by atoms with Crippen molar-refractivity contribution >= 4 is 48.8 Å². The van der Waals surface area contributed by atoms with Crippen LogP contribution in [0.2, 0.25) is 0 Å². The second kappa shape index (κ2) is 7.64. The first kappa shape index (κ1) is 21.1. The molecule has 1 aromatic heterocycles. The Balaban J connectivity index is 1.73. The molecule has 0 saturated heterocycles. The van der Waals surface area contributed by atoms with Gasteiger partial charge in [-0.1, -0.05) is 0 Å².